The van der Waals surface area contributed by atoms with Crippen molar-refractivity contribution in [3.8, 4) is 11.3 Å². The zero-order valence-electron chi connectivity index (χ0n) is 11.6. The molecule has 1 fully saturated rings. The number of nitrogens with zero attached hydrogens (tertiary/aromatic N) is 3. The predicted octanol–water partition coefficient (Wildman–Crippen LogP) is 1.12. The minimum atomic E-state index is -0.298. The summed E-state index contributed by atoms with van der Waals surface area (Å²) in [5.74, 6) is -0.235. The Labute approximate surface area is 122 Å². The highest BCUT2D eigenvalue weighted by Gasteiger charge is 2.17. The van der Waals surface area contributed by atoms with E-state index in [0.717, 1.165) is 37.4 Å². The lowest BCUT2D eigenvalue weighted by Gasteiger charge is -2.27. The van der Waals surface area contributed by atoms with Crippen LogP contribution in [0.2, 0.25) is 0 Å². The molecule has 6 heteroatoms. The molecule has 0 unspecified atom stereocenters. The van der Waals surface area contributed by atoms with Crippen molar-refractivity contribution < 1.29 is 9.18 Å². The second kappa shape index (κ2) is 6.05. The minimum absolute atomic E-state index is 0.0622. The van der Waals surface area contributed by atoms with E-state index < -0.39 is 0 Å². The fourth-order valence-electron chi connectivity index (χ4n) is 2.49. The summed E-state index contributed by atoms with van der Waals surface area (Å²) in [6.07, 6.45) is 3.26. The molecule has 1 aromatic carbocycles. The first-order chi connectivity index (χ1) is 10.2. The molecule has 0 aliphatic carbocycles. The molecule has 0 bridgehead atoms. The summed E-state index contributed by atoms with van der Waals surface area (Å²) in [7, 11) is 0. The molecule has 1 N–H and O–H groups in total. The quantitative estimate of drug-likeness (QED) is 0.921. The number of carbonyl (C=O) groups excluding carboxylic acids is 1. The van der Waals surface area contributed by atoms with Gasteiger partial charge in [-0.25, -0.2) is 9.37 Å². The Morgan fingerprint density at radius 3 is 2.90 bits per heavy atom. The maximum absolute atomic E-state index is 13.3. The standard InChI is InChI=1S/C15H17FN4O/c16-13-3-1-2-12(8-13)14-9-18-11-20(14)10-15(21)19-6-4-17-5-7-19/h1-3,8-9,11,17H,4-7,10H2. The van der Waals surface area contributed by atoms with Crippen LogP contribution in [0.15, 0.2) is 36.8 Å². The number of amides is 1. The van der Waals surface area contributed by atoms with Crippen LogP contribution in [0.1, 0.15) is 0 Å². The third-order valence-corrected chi connectivity index (χ3v) is 3.61. The fourth-order valence-corrected chi connectivity index (χ4v) is 2.49. The molecule has 5 nitrogen and oxygen atoms in total. The number of hydrogen-bond donors (Lipinski definition) is 1. The van der Waals surface area contributed by atoms with E-state index in [1.54, 1.807) is 23.2 Å². The number of imidazole rings is 1. The van der Waals surface area contributed by atoms with Crippen LogP contribution < -0.4 is 5.32 Å². The van der Waals surface area contributed by atoms with Gasteiger partial charge in [0, 0.05) is 31.7 Å². The Morgan fingerprint density at radius 2 is 2.14 bits per heavy atom. The number of nitrogens with one attached hydrogen (secondary N) is 1. The topological polar surface area (TPSA) is 50.2 Å². The van der Waals surface area contributed by atoms with Crippen molar-refractivity contribution in [1.82, 2.24) is 19.8 Å². The first kappa shape index (κ1) is 13.8. The molecular weight excluding hydrogens is 271 g/mol. The van der Waals surface area contributed by atoms with Crippen molar-refractivity contribution in [3.63, 3.8) is 0 Å². The lowest BCUT2D eigenvalue weighted by Crippen LogP contribution is -2.47. The smallest absolute Gasteiger partial charge is 0.242 e. The average Bonchev–Trinajstić information content (AvgIpc) is 2.96. The molecule has 2 aromatic rings. The largest absolute Gasteiger partial charge is 0.339 e. The molecule has 110 valence electrons. The molecule has 0 spiro atoms. The van der Waals surface area contributed by atoms with Crippen molar-refractivity contribution >= 4 is 5.91 Å². The van der Waals surface area contributed by atoms with Gasteiger partial charge in [0.1, 0.15) is 12.4 Å². The Bertz CT molecular complexity index is 634. The number of benzene rings is 1. The normalized spacial score (nSPS) is 15.2. The third kappa shape index (κ3) is 3.11. The van der Waals surface area contributed by atoms with Crippen LogP contribution in [0.5, 0.6) is 0 Å². The molecule has 0 radical (unpaired) electrons. The minimum Gasteiger partial charge on any atom is -0.339 e. The van der Waals surface area contributed by atoms with Gasteiger partial charge >= 0.3 is 0 Å². The fraction of sp³-hybridized carbons (Fsp3) is 0.333. The summed E-state index contributed by atoms with van der Waals surface area (Å²) >= 11 is 0. The Hall–Kier alpha value is -2.21. The second-order valence-electron chi connectivity index (χ2n) is 5.05. The van der Waals surface area contributed by atoms with Crippen LogP contribution in [0.3, 0.4) is 0 Å². The molecular formula is C15H17FN4O. The summed E-state index contributed by atoms with van der Waals surface area (Å²) in [5.41, 5.74) is 1.47. The van der Waals surface area contributed by atoms with Gasteiger partial charge in [-0.1, -0.05) is 12.1 Å². The third-order valence-electron chi connectivity index (χ3n) is 3.61. The van der Waals surface area contributed by atoms with Crippen LogP contribution in [0.25, 0.3) is 11.3 Å². The van der Waals surface area contributed by atoms with Crippen molar-refractivity contribution in [2.24, 2.45) is 0 Å². The number of aromatic nitrogens is 2. The van der Waals surface area contributed by atoms with Gasteiger partial charge in [-0.2, -0.15) is 0 Å². The SMILES string of the molecule is O=C(Cn1cncc1-c1cccc(F)c1)N1CCNCC1. The first-order valence-electron chi connectivity index (χ1n) is 6.98. The van der Waals surface area contributed by atoms with Crippen molar-refractivity contribution in [2.75, 3.05) is 26.2 Å². The van der Waals surface area contributed by atoms with Gasteiger partial charge in [0.05, 0.1) is 18.2 Å². The number of hydrogen-bond acceptors (Lipinski definition) is 3. The van der Waals surface area contributed by atoms with Crippen LogP contribution in [-0.2, 0) is 11.3 Å². The molecule has 3 rings (SSSR count). The van der Waals surface area contributed by atoms with Gasteiger partial charge in [0.25, 0.3) is 0 Å². The van der Waals surface area contributed by atoms with Crippen molar-refractivity contribution in [1.29, 1.82) is 0 Å². The second-order valence-corrected chi connectivity index (χ2v) is 5.05. The van der Waals surface area contributed by atoms with E-state index in [9.17, 15) is 9.18 Å². The van der Waals surface area contributed by atoms with Crippen LogP contribution in [0, 0.1) is 5.82 Å². The first-order valence-corrected chi connectivity index (χ1v) is 6.98. The maximum atomic E-state index is 13.3. The summed E-state index contributed by atoms with van der Waals surface area (Å²) in [5, 5.41) is 3.22. The van der Waals surface area contributed by atoms with Gasteiger partial charge in [-0.3, -0.25) is 4.79 Å². The van der Waals surface area contributed by atoms with E-state index in [2.05, 4.69) is 10.3 Å². The molecule has 1 aliphatic rings. The van der Waals surface area contributed by atoms with E-state index in [1.165, 1.54) is 12.1 Å². The molecule has 1 amide bonds. The van der Waals surface area contributed by atoms with Gasteiger partial charge in [-0.15, -0.1) is 0 Å². The van der Waals surface area contributed by atoms with Gasteiger partial charge < -0.3 is 14.8 Å². The molecule has 0 atom stereocenters. The van der Waals surface area contributed by atoms with Gasteiger partial charge in [0.2, 0.25) is 5.91 Å². The monoisotopic (exact) mass is 288 g/mol. The zero-order chi connectivity index (χ0) is 14.7. The Kier molecular flexibility index (Phi) is 3.96. The Morgan fingerprint density at radius 1 is 1.33 bits per heavy atom. The van der Waals surface area contributed by atoms with Crippen molar-refractivity contribution in [2.45, 2.75) is 6.54 Å². The summed E-state index contributed by atoms with van der Waals surface area (Å²) < 4.78 is 15.1. The van der Waals surface area contributed by atoms with Crippen LogP contribution in [0.4, 0.5) is 4.39 Å². The molecule has 1 saturated heterocycles. The summed E-state index contributed by atoms with van der Waals surface area (Å²) in [4.78, 5) is 18.2. The highest BCUT2D eigenvalue weighted by molar-refractivity contribution is 5.77. The highest BCUT2D eigenvalue weighted by atomic mass is 19.1. The molecule has 1 aliphatic heterocycles. The molecule has 21 heavy (non-hydrogen) atoms. The zero-order valence-corrected chi connectivity index (χ0v) is 11.6. The number of halogens is 1. The number of rotatable bonds is 3. The number of piperazine rings is 1. The van der Waals surface area contributed by atoms with E-state index in [1.807, 2.05) is 11.0 Å². The number of carbonyl (C=O) groups is 1. The molecule has 1 aromatic heterocycles. The average molecular weight is 288 g/mol. The van der Waals surface area contributed by atoms with E-state index in [4.69, 9.17) is 0 Å². The van der Waals surface area contributed by atoms with E-state index in [-0.39, 0.29) is 18.3 Å². The van der Waals surface area contributed by atoms with E-state index >= 15 is 0 Å². The predicted molar refractivity (Wildman–Crippen MR) is 77.1 cm³/mol. The maximum Gasteiger partial charge on any atom is 0.242 e. The summed E-state index contributed by atoms with van der Waals surface area (Å²) in [6, 6.07) is 6.31. The summed E-state index contributed by atoms with van der Waals surface area (Å²) in [6.45, 7) is 3.33. The van der Waals surface area contributed by atoms with Crippen LogP contribution in [-0.4, -0.2) is 46.5 Å². The molecule has 0 saturated carbocycles. The van der Waals surface area contributed by atoms with Gasteiger partial charge in [-0.05, 0) is 12.1 Å². The highest BCUT2D eigenvalue weighted by Crippen LogP contribution is 2.19. The van der Waals surface area contributed by atoms with Crippen molar-refractivity contribution in [3.05, 3.63) is 42.6 Å². The van der Waals surface area contributed by atoms with E-state index in [0.29, 0.717) is 0 Å². The van der Waals surface area contributed by atoms with Gasteiger partial charge in [0.15, 0.2) is 0 Å². The Balaban J connectivity index is 1.78. The lowest BCUT2D eigenvalue weighted by atomic mass is 10.1. The van der Waals surface area contributed by atoms with Crippen LogP contribution >= 0.6 is 0 Å². The molecule has 2 heterocycles. The lowest BCUT2D eigenvalue weighted by molar-refractivity contribution is -0.132.